The zero-order chi connectivity index (χ0) is 13.1. The van der Waals surface area contributed by atoms with E-state index < -0.39 is 0 Å². The summed E-state index contributed by atoms with van der Waals surface area (Å²) in [5.74, 6) is 0.174. The summed E-state index contributed by atoms with van der Waals surface area (Å²) in [5.41, 5.74) is 3.06. The summed E-state index contributed by atoms with van der Waals surface area (Å²) in [7, 11) is 0. The van der Waals surface area contributed by atoms with Crippen LogP contribution in [0.3, 0.4) is 0 Å². The number of carbonyl (C=O) groups is 1. The summed E-state index contributed by atoms with van der Waals surface area (Å²) < 4.78 is 0. The summed E-state index contributed by atoms with van der Waals surface area (Å²) in [6.45, 7) is 8.81. The molecule has 0 aromatic heterocycles. The highest BCUT2D eigenvalue weighted by Crippen LogP contribution is 2.17. The van der Waals surface area contributed by atoms with Crippen LogP contribution in [0.15, 0.2) is 18.2 Å². The van der Waals surface area contributed by atoms with E-state index in [1.807, 2.05) is 30.9 Å². The van der Waals surface area contributed by atoms with Crippen molar-refractivity contribution < 1.29 is 4.79 Å². The fourth-order valence-electron chi connectivity index (χ4n) is 2.59. The highest BCUT2D eigenvalue weighted by Gasteiger charge is 2.26. The number of benzene rings is 1. The van der Waals surface area contributed by atoms with Gasteiger partial charge in [0.15, 0.2) is 0 Å². The Kier molecular flexibility index (Phi) is 4.02. The molecule has 1 fully saturated rings. The predicted octanol–water partition coefficient (Wildman–Crippen LogP) is 2.13. The summed E-state index contributed by atoms with van der Waals surface area (Å²) in [4.78, 5) is 14.6. The first-order chi connectivity index (χ1) is 8.63. The second-order valence-corrected chi connectivity index (χ2v) is 5.06. The van der Waals surface area contributed by atoms with Crippen LogP contribution in [0.25, 0.3) is 0 Å². The highest BCUT2D eigenvalue weighted by molar-refractivity contribution is 5.96. The second kappa shape index (κ2) is 5.53. The molecular weight excluding hydrogens is 224 g/mol. The van der Waals surface area contributed by atoms with Gasteiger partial charge in [-0.1, -0.05) is 17.7 Å². The van der Waals surface area contributed by atoms with E-state index in [4.69, 9.17) is 0 Å². The Morgan fingerprint density at radius 3 is 2.83 bits per heavy atom. The number of rotatable bonds is 3. The standard InChI is InChI=1S/C15H22N2O/c1-4-17(13-7-8-16-10-13)15(18)14-9-11(2)5-6-12(14)3/h5-6,9,13,16H,4,7-8,10H2,1-3H3. The minimum absolute atomic E-state index is 0.174. The van der Waals surface area contributed by atoms with Crippen LogP contribution in [0.5, 0.6) is 0 Å². The number of carbonyl (C=O) groups excluding carboxylic acids is 1. The Morgan fingerprint density at radius 2 is 2.22 bits per heavy atom. The van der Waals surface area contributed by atoms with E-state index in [0.29, 0.717) is 6.04 Å². The van der Waals surface area contributed by atoms with Crippen LogP contribution in [-0.4, -0.2) is 36.5 Å². The molecule has 1 saturated heterocycles. The van der Waals surface area contributed by atoms with Crippen LogP contribution in [0.1, 0.15) is 34.8 Å². The first-order valence-electron chi connectivity index (χ1n) is 6.72. The fraction of sp³-hybridized carbons (Fsp3) is 0.533. The van der Waals surface area contributed by atoms with E-state index in [2.05, 4.69) is 18.3 Å². The lowest BCUT2D eigenvalue weighted by Gasteiger charge is -2.28. The molecule has 1 N–H and O–H groups in total. The number of hydrogen-bond acceptors (Lipinski definition) is 2. The van der Waals surface area contributed by atoms with Gasteiger partial charge >= 0.3 is 0 Å². The monoisotopic (exact) mass is 246 g/mol. The SMILES string of the molecule is CCN(C(=O)c1cc(C)ccc1C)C1CCNC1. The maximum absolute atomic E-state index is 12.6. The van der Waals surface area contributed by atoms with E-state index in [-0.39, 0.29) is 5.91 Å². The van der Waals surface area contributed by atoms with Gasteiger partial charge < -0.3 is 10.2 Å². The van der Waals surface area contributed by atoms with Crippen molar-refractivity contribution in [2.24, 2.45) is 0 Å². The van der Waals surface area contributed by atoms with Gasteiger partial charge in [-0.25, -0.2) is 0 Å². The van der Waals surface area contributed by atoms with Crippen molar-refractivity contribution in [3.05, 3.63) is 34.9 Å². The molecule has 0 aliphatic carbocycles. The van der Waals surface area contributed by atoms with Crippen molar-refractivity contribution >= 4 is 5.91 Å². The van der Waals surface area contributed by atoms with Crippen LogP contribution >= 0.6 is 0 Å². The number of likely N-dealkylation sites (N-methyl/N-ethyl adjacent to an activating group) is 1. The summed E-state index contributed by atoms with van der Waals surface area (Å²) in [6, 6.07) is 6.44. The number of aryl methyl sites for hydroxylation is 2. The average molecular weight is 246 g/mol. The molecule has 18 heavy (non-hydrogen) atoms. The molecular formula is C15H22N2O. The van der Waals surface area contributed by atoms with E-state index in [0.717, 1.165) is 42.7 Å². The molecule has 1 heterocycles. The second-order valence-electron chi connectivity index (χ2n) is 5.06. The molecule has 1 amide bonds. The number of nitrogens with zero attached hydrogens (tertiary/aromatic N) is 1. The molecule has 0 radical (unpaired) electrons. The molecule has 1 aromatic carbocycles. The van der Waals surface area contributed by atoms with E-state index in [1.165, 1.54) is 0 Å². The lowest BCUT2D eigenvalue weighted by atomic mass is 10.0. The van der Waals surface area contributed by atoms with Crippen LogP contribution in [0, 0.1) is 13.8 Å². The lowest BCUT2D eigenvalue weighted by molar-refractivity contribution is 0.0703. The molecule has 1 atom stereocenters. The van der Waals surface area contributed by atoms with Gasteiger partial charge in [0.2, 0.25) is 0 Å². The maximum atomic E-state index is 12.6. The molecule has 2 rings (SSSR count). The molecule has 1 aliphatic rings. The van der Waals surface area contributed by atoms with Crippen LogP contribution in [0.2, 0.25) is 0 Å². The first-order valence-corrected chi connectivity index (χ1v) is 6.72. The van der Waals surface area contributed by atoms with Crippen molar-refractivity contribution in [1.82, 2.24) is 10.2 Å². The van der Waals surface area contributed by atoms with Gasteiger partial charge in [0, 0.05) is 24.7 Å². The van der Waals surface area contributed by atoms with Gasteiger partial charge in [-0.3, -0.25) is 4.79 Å². The minimum atomic E-state index is 0.174. The highest BCUT2D eigenvalue weighted by atomic mass is 16.2. The summed E-state index contributed by atoms with van der Waals surface area (Å²) in [6.07, 6.45) is 1.06. The van der Waals surface area contributed by atoms with Gasteiger partial charge in [-0.2, -0.15) is 0 Å². The third-order valence-electron chi connectivity index (χ3n) is 3.70. The third-order valence-corrected chi connectivity index (χ3v) is 3.70. The van der Waals surface area contributed by atoms with Crippen molar-refractivity contribution in [3.8, 4) is 0 Å². The first kappa shape index (κ1) is 13.1. The average Bonchev–Trinajstić information content (AvgIpc) is 2.87. The Labute approximate surface area is 109 Å². The van der Waals surface area contributed by atoms with Gasteiger partial charge in [-0.15, -0.1) is 0 Å². The molecule has 3 nitrogen and oxygen atoms in total. The molecule has 1 aromatic rings. The number of amides is 1. The molecule has 0 spiro atoms. The summed E-state index contributed by atoms with van der Waals surface area (Å²) in [5, 5.41) is 3.33. The quantitative estimate of drug-likeness (QED) is 0.886. The maximum Gasteiger partial charge on any atom is 0.254 e. The van der Waals surface area contributed by atoms with Gasteiger partial charge in [0.05, 0.1) is 0 Å². The normalized spacial score (nSPS) is 18.9. The largest absolute Gasteiger partial charge is 0.335 e. The smallest absolute Gasteiger partial charge is 0.254 e. The number of nitrogens with one attached hydrogen (secondary N) is 1. The molecule has 98 valence electrons. The molecule has 0 saturated carbocycles. The van der Waals surface area contributed by atoms with Crippen molar-refractivity contribution in [3.63, 3.8) is 0 Å². The Bertz CT molecular complexity index is 436. The van der Waals surface area contributed by atoms with E-state index in [1.54, 1.807) is 0 Å². The number of hydrogen-bond donors (Lipinski definition) is 1. The molecule has 1 aliphatic heterocycles. The minimum Gasteiger partial charge on any atom is -0.335 e. The zero-order valence-corrected chi connectivity index (χ0v) is 11.5. The van der Waals surface area contributed by atoms with E-state index in [9.17, 15) is 4.79 Å². The van der Waals surface area contributed by atoms with Gasteiger partial charge in [-0.05, 0) is 45.4 Å². The van der Waals surface area contributed by atoms with Crippen LogP contribution in [0.4, 0.5) is 0 Å². The van der Waals surface area contributed by atoms with Gasteiger partial charge in [0.1, 0.15) is 0 Å². The van der Waals surface area contributed by atoms with Crippen molar-refractivity contribution in [2.75, 3.05) is 19.6 Å². The van der Waals surface area contributed by atoms with Gasteiger partial charge in [0.25, 0.3) is 5.91 Å². The Morgan fingerprint density at radius 1 is 1.44 bits per heavy atom. The Balaban J connectivity index is 2.25. The topological polar surface area (TPSA) is 32.3 Å². The predicted molar refractivity (Wildman–Crippen MR) is 73.9 cm³/mol. The van der Waals surface area contributed by atoms with Crippen LogP contribution < -0.4 is 5.32 Å². The third kappa shape index (κ3) is 2.56. The molecule has 3 heteroatoms. The molecule has 0 bridgehead atoms. The lowest BCUT2D eigenvalue weighted by Crippen LogP contribution is -2.41. The Hall–Kier alpha value is -1.35. The fourth-order valence-corrected chi connectivity index (χ4v) is 2.59. The van der Waals surface area contributed by atoms with Crippen molar-refractivity contribution in [1.29, 1.82) is 0 Å². The van der Waals surface area contributed by atoms with Crippen molar-refractivity contribution in [2.45, 2.75) is 33.2 Å². The van der Waals surface area contributed by atoms with Crippen LogP contribution in [-0.2, 0) is 0 Å². The van der Waals surface area contributed by atoms with E-state index >= 15 is 0 Å². The zero-order valence-electron chi connectivity index (χ0n) is 11.5. The molecule has 1 unspecified atom stereocenters. The summed E-state index contributed by atoms with van der Waals surface area (Å²) >= 11 is 0.